The molecule has 0 aromatic carbocycles. The lowest BCUT2D eigenvalue weighted by atomic mass is 9.82. The van der Waals surface area contributed by atoms with Gasteiger partial charge in [0.1, 0.15) is 0 Å². The van der Waals surface area contributed by atoms with Crippen molar-refractivity contribution in [2.75, 3.05) is 7.11 Å². The first-order chi connectivity index (χ1) is 6.10. The Hall–Kier alpha value is -1.32. The molecule has 72 valence electrons. The molecule has 0 atom stereocenters. The minimum Gasteiger partial charge on any atom is -0.469 e. The van der Waals surface area contributed by atoms with E-state index >= 15 is 0 Å². The summed E-state index contributed by atoms with van der Waals surface area (Å²) in [6, 6.07) is 0. The molecular formula is C9H13NO3. The Kier molecular flexibility index (Phi) is 2.70. The number of carbonyl (C=O) groups is 2. The minimum atomic E-state index is -0.722. The van der Waals surface area contributed by atoms with Gasteiger partial charge in [0.15, 0.2) is 0 Å². The summed E-state index contributed by atoms with van der Waals surface area (Å²) >= 11 is 0. The van der Waals surface area contributed by atoms with E-state index in [9.17, 15) is 9.59 Å². The third-order valence-electron chi connectivity index (χ3n) is 2.31. The zero-order valence-corrected chi connectivity index (χ0v) is 7.58. The fourth-order valence-electron chi connectivity index (χ4n) is 1.63. The van der Waals surface area contributed by atoms with Crippen LogP contribution in [0, 0.1) is 5.41 Å². The van der Waals surface area contributed by atoms with Crippen molar-refractivity contribution in [3.63, 3.8) is 0 Å². The van der Waals surface area contributed by atoms with Gasteiger partial charge in [-0.15, -0.1) is 0 Å². The fraction of sp³-hybridized carbons (Fsp3) is 0.556. The Morgan fingerprint density at radius 1 is 1.46 bits per heavy atom. The lowest BCUT2D eigenvalue weighted by molar-refractivity contribution is -0.154. The highest BCUT2D eigenvalue weighted by atomic mass is 16.5. The van der Waals surface area contributed by atoms with E-state index in [0.717, 1.165) is 0 Å². The molecule has 0 unspecified atom stereocenters. The molecule has 0 spiro atoms. The molecule has 13 heavy (non-hydrogen) atoms. The second-order valence-electron chi connectivity index (χ2n) is 3.29. The number of amides is 1. The molecule has 1 aliphatic rings. The molecule has 0 fully saturated rings. The molecule has 0 saturated heterocycles. The van der Waals surface area contributed by atoms with E-state index in [4.69, 9.17) is 5.73 Å². The molecule has 4 heteroatoms. The number of primary amides is 1. The molecule has 2 N–H and O–H groups in total. The average molecular weight is 183 g/mol. The normalized spacial score (nSPS) is 18.5. The van der Waals surface area contributed by atoms with Crippen molar-refractivity contribution in [2.45, 2.75) is 19.3 Å². The van der Waals surface area contributed by atoms with Gasteiger partial charge in [-0.3, -0.25) is 9.59 Å². The van der Waals surface area contributed by atoms with Crippen LogP contribution in [-0.2, 0) is 14.3 Å². The molecule has 0 aromatic heterocycles. The summed E-state index contributed by atoms with van der Waals surface area (Å²) in [7, 11) is 1.32. The fourth-order valence-corrected chi connectivity index (χ4v) is 1.63. The van der Waals surface area contributed by atoms with Crippen molar-refractivity contribution >= 4 is 11.9 Å². The summed E-state index contributed by atoms with van der Waals surface area (Å²) < 4.78 is 4.65. The summed E-state index contributed by atoms with van der Waals surface area (Å²) in [5.74, 6) is -0.814. The molecule has 0 aromatic rings. The van der Waals surface area contributed by atoms with Crippen LogP contribution in [0.3, 0.4) is 0 Å². The van der Waals surface area contributed by atoms with E-state index in [1.165, 1.54) is 7.11 Å². The van der Waals surface area contributed by atoms with Gasteiger partial charge in [-0.2, -0.15) is 0 Å². The van der Waals surface area contributed by atoms with Crippen molar-refractivity contribution in [3.05, 3.63) is 12.2 Å². The SMILES string of the molecule is COC(=O)C1(CC(N)=O)CC=CC1. The standard InChI is InChI=1S/C9H13NO3/c1-13-8(12)9(6-7(10)11)4-2-3-5-9/h2-3H,4-6H2,1H3,(H2,10,11). The van der Waals surface area contributed by atoms with Crippen LogP contribution in [0.4, 0.5) is 0 Å². The van der Waals surface area contributed by atoms with Gasteiger partial charge < -0.3 is 10.5 Å². The monoisotopic (exact) mass is 183 g/mol. The number of esters is 1. The smallest absolute Gasteiger partial charge is 0.312 e. The first-order valence-electron chi connectivity index (χ1n) is 4.12. The van der Waals surface area contributed by atoms with E-state index in [1.807, 2.05) is 12.2 Å². The van der Waals surface area contributed by atoms with Gasteiger partial charge >= 0.3 is 5.97 Å². The number of allylic oxidation sites excluding steroid dienone is 2. The molecule has 0 radical (unpaired) electrons. The summed E-state index contributed by atoms with van der Waals surface area (Å²) in [4.78, 5) is 22.2. The Labute approximate surface area is 76.7 Å². The van der Waals surface area contributed by atoms with Crippen LogP contribution in [0.5, 0.6) is 0 Å². The predicted octanol–water partition coefficient (Wildman–Crippen LogP) is 0.371. The van der Waals surface area contributed by atoms with Crippen molar-refractivity contribution < 1.29 is 14.3 Å². The number of hydrogen-bond acceptors (Lipinski definition) is 3. The Morgan fingerprint density at radius 3 is 2.38 bits per heavy atom. The van der Waals surface area contributed by atoms with Gasteiger partial charge in [-0.1, -0.05) is 12.2 Å². The molecule has 1 rings (SSSR count). The Morgan fingerprint density at radius 2 is 2.00 bits per heavy atom. The van der Waals surface area contributed by atoms with Crippen LogP contribution in [-0.4, -0.2) is 19.0 Å². The second kappa shape index (κ2) is 3.60. The van der Waals surface area contributed by atoms with Gasteiger partial charge in [0.25, 0.3) is 0 Å². The zero-order chi connectivity index (χ0) is 9.90. The van der Waals surface area contributed by atoms with Crippen LogP contribution in [0.2, 0.25) is 0 Å². The Balaban J connectivity index is 2.76. The van der Waals surface area contributed by atoms with E-state index < -0.39 is 11.3 Å². The number of hydrogen-bond donors (Lipinski definition) is 1. The third kappa shape index (κ3) is 1.88. The molecular weight excluding hydrogens is 170 g/mol. The van der Waals surface area contributed by atoms with Crippen molar-refractivity contribution in [1.82, 2.24) is 0 Å². The zero-order valence-electron chi connectivity index (χ0n) is 7.58. The molecule has 0 saturated carbocycles. The highest BCUT2D eigenvalue weighted by molar-refractivity contribution is 5.85. The summed E-state index contributed by atoms with van der Waals surface area (Å²) in [5, 5.41) is 0. The topological polar surface area (TPSA) is 69.4 Å². The van der Waals surface area contributed by atoms with Gasteiger partial charge in [-0.05, 0) is 12.8 Å². The lowest BCUT2D eigenvalue weighted by Gasteiger charge is -2.23. The summed E-state index contributed by atoms with van der Waals surface area (Å²) in [5.41, 5.74) is 4.35. The number of ether oxygens (including phenoxy) is 1. The molecule has 0 heterocycles. The summed E-state index contributed by atoms with van der Waals surface area (Å²) in [6.07, 6.45) is 4.90. The van der Waals surface area contributed by atoms with Gasteiger partial charge in [0, 0.05) is 6.42 Å². The van der Waals surface area contributed by atoms with Crippen LogP contribution >= 0.6 is 0 Å². The first kappa shape index (κ1) is 9.77. The number of rotatable bonds is 3. The minimum absolute atomic E-state index is 0.0622. The molecule has 0 aliphatic heterocycles. The molecule has 0 bridgehead atoms. The van der Waals surface area contributed by atoms with Crippen LogP contribution in [0.15, 0.2) is 12.2 Å². The number of methoxy groups -OCH3 is 1. The highest BCUT2D eigenvalue weighted by Gasteiger charge is 2.41. The second-order valence-corrected chi connectivity index (χ2v) is 3.29. The quantitative estimate of drug-likeness (QED) is 0.507. The van der Waals surface area contributed by atoms with Crippen LogP contribution < -0.4 is 5.73 Å². The Bertz CT molecular complexity index is 250. The molecule has 4 nitrogen and oxygen atoms in total. The highest BCUT2D eigenvalue weighted by Crippen LogP contribution is 2.37. The van der Waals surface area contributed by atoms with Crippen molar-refractivity contribution in [1.29, 1.82) is 0 Å². The molecule has 1 amide bonds. The van der Waals surface area contributed by atoms with Crippen LogP contribution in [0.1, 0.15) is 19.3 Å². The van der Waals surface area contributed by atoms with Crippen molar-refractivity contribution in [2.24, 2.45) is 11.1 Å². The lowest BCUT2D eigenvalue weighted by Crippen LogP contribution is -2.34. The maximum atomic E-state index is 11.4. The predicted molar refractivity (Wildman–Crippen MR) is 46.6 cm³/mol. The average Bonchev–Trinajstić information content (AvgIpc) is 2.51. The van der Waals surface area contributed by atoms with E-state index in [1.54, 1.807) is 0 Å². The van der Waals surface area contributed by atoms with E-state index in [2.05, 4.69) is 4.74 Å². The number of nitrogens with two attached hydrogens (primary N) is 1. The maximum Gasteiger partial charge on any atom is 0.312 e. The third-order valence-corrected chi connectivity index (χ3v) is 2.31. The first-order valence-corrected chi connectivity index (χ1v) is 4.12. The summed E-state index contributed by atoms with van der Waals surface area (Å²) in [6.45, 7) is 0. The van der Waals surface area contributed by atoms with Crippen molar-refractivity contribution in [3.8, 4) is 0 Å². The number of carbonyl (C=O) groups excluding carboxylic acids is 2. The van der Waals surface area contributed by atoms with Gasteiger partial charge in [-0.25, -0.2) is 0 Å². The van der Waals surface area contributed by atoms with Crippen LogP contribution in [0.25, 0.3) is 0 Å². The molecule has 1 aliphatic carbocycles. The van der Waals surface area contributed by atoms with E-state index in [0.29, 0.717) is 12.8 Å². The maximum absolute atomic E-state index is 11.4. The van der Waals surface area contributed by atoms with Gasteiger partial charge in [0.05, 0.1) is 12.5 Å². The van der Waals surface area contributed by atoms with E-state index in [-0.39, 0.29) is 12.4 Å². The van der Waals surface area contributed by atoms with Gasteiger partial charge in [0.2, 0.25) is 5.91 Å². The largest absolute Gasteiger partial charge is 0.469 e.